The third kappa shape index (κ3) is 4.23. The van der Waals surface area contributed by atoms with E-state index < -0.39 is 12.6 Å². The lowest BCUT2D eigenvalue weighted by Gasteiger charge is -2.12. The Hall–Kier alpha value is -1.10. The maximum Gasteiger partial charge on any atom is 0.329 e. The van der Waals surface area contributed by atoms with Gasteiger partial charge in [0.25, 0.3) is 0 Å². The van der Waals surface area contributed by atoms with Gasteiger partial charge in [0, 0.05) is 6.04 Å². The molecule has 1 amide bonds. The van der Waals surface area contributed by atoms with Gasteiger partial charge in [0.15, 0.2) is 0 Å². The topological polar surface area (TPSA) is 75.6 Å². The average Bonchev–Trinajstić information content (AvgIpc) is 2.84. The Labute approximate surface area is 82.4 Å². The Kier molecular flexibility index (Phi) is 3.88. The number of rotatable bonds is 6. The van der Waals surface area contributed by atoms with E-state index in [-0.39, 0.29) is 18.6 Å². The lowest BCUT2D eigenvalue weighted by atomic mass is 10.2. The maximum atomic E-state index is 11.1. The number of amides is 1. The summed E-state index contributed by atoms with van der Waals surface area (Å²) in [5, 5.41) is 11.0. The second-order valence-electron chi connectivity index (χ2n) is 3.58. The van der Waals surface area contributed by atoms with Crippen LogP contribution in [0.1, 0.15) is 19.8 Å². The third-order valence-electron chi connectivity index (χ3n) is 2.18. The third-order valence-corrected chi connectivity index (χ3v) is 2.18. The first-order chi connectivity index (χ1) is 6.59. The van der Waals surface area contributed by atoms with Crippen LogP contribution in [-0.2, 0) is 14.3 Å². The number of hydrogen-bond donors (Lipinski definition) is 2. The molecule has 2 N–H and O–H groups in total. The van der Waals surface area contributed by atoms with Gasteiger partial charge in [-0.2, -0.15) is 0 Å². The number of ether oxygens (including phenoxy) is 1. The molecule has 0 aromatic heterocycles. The van der Waals surface area contributed by atoms with Crippen molar-refractivity contribution in [2.75, 3.05) is 13.2 Å². The summed E-state index contributed by atoms with van der Waals surface area (Å²) >= 11 is 0. The van der Waals surface area contributed by atoms with Gasteiger partial charge in [0.1, 0.15) is 13.2 Å². The first-order valence-electron chi connectivity index (χ1n) is 4.68. The quantitative estimate of drug-likeness (QED) is 0.634. The van der Waals surface area contributed by atoms with Crippen molar-refractivity contribution in [1.29, 1.82) is 0 Å². The van der Waals surface area contributed by atoms with Crippen LogP contribution in [0.5, 0.6) is 0 Å². The van der Waals surface area contributed by atoms with E-state index in [1.165, 1.54) is 0 Å². The highest BCUT2D eigenvalue weighted by molar-refractivity contribution is 5.78. The maximum absolute atomic E-state index is 11.1. The largest absolute Gasteiger partial charge is 0.480 e. The van der Waals surface area contributed by atoms with Gasteiger partial charge >= 0.3 is 5.97 Å². The van der Waals surface area contributed by atoms with Crippen LogP contribution < -0.4 is 5.32 Å². The minimum atomic E-state index is -1.06. The molecule has 0 radical (unpaired) electrons. The molecular weight excluding hydrogens is 186 g/mol. The lowest BCUT2D eigenvalue weighted by Crippen LogP contribution is -2.36. The molecule has 0 spiro atoms. The van der Waals surface area contributed by atoms with Crippen LogP contribution in [0.2, 0.25) is 0 Å². The van der Waals surface area contributed by atoms with Crippen molar-refractivity contribution in [2.45, 2.75) is 25.8 Å². The van der Waals surface area contributed by atoms with E-state index in [9.17, 15) is 9.59 Å². The Bertz CT molecular complexity index is 225. The van der Waals surface area contributed by atoms with E-state index >= 15 is 0 Å². The molecule has 1 aliphatic carbocycles. The summed E-state index contributed by atoms with van der Waals surface area (Å²) < 4.78 is 4.65. The highest BCUT2D eigenvalue weighted by atomic mass is 16.5. The van der Waals surface area contributed by atoms with Gasteiger partial charge < -0.3 is 15.2 Å². The molecule has 1 saturated carbocycles. The molecule has 5 heteroatoms. The number of carbonyl (C=O) groups excluding carboxylic acids is 1. The molecule has 1 rings (SSSR count). The SMILES string of the molecule is CC(NC(=O)COCC(=O)O)C1CC1. The normalized spacial score (nSPS) is 17.5. The van der Waals surface area contributed by atoms with Crippen molar-refractivity contribution in [2.24, 2.45) is 5.92 Å². The van der Waals surface area contributed by atoms with Gasteiger partial charge in [-0.3, -0.25) is 4.79 Å². The predicted molar refractivity (Wildman–Crippen MR) is 48.8 cm³/mol. The summed E-state index contributed by atoms with van der Waals surface area (Å²) in [5.74, 6) is -0.711. The van der Waals surface area contributed by atoms with Crippen molar-refractivity contribution in [1.82, 2.24) is 5.32 Å². The fourth-order valence-corrected chi connectivity index (χ4v) is 1.24. The molecule has 0 saturated heterocycles. The molecule has 80 valence electrons. The molecule has 14 heavy (non-hydrogen) atoms. The summed E-state index contributed by atoms with van der Waals surface area (Å²) in [4.78, 5) is 21.2. The molecule has 5 nitrogen and oxygen atoms in total. The molecule has 1 fully saturated rings. The average molecular weight is 201 g/mol. The van der Waals surface area contributed by atoms with Crippen LogP contribution in [0.15, 0.2) is 0 Å². The molecular formula is C9H15NO4. The molecule has 1 unspecified atom stereocenters. The van der Waals surface area contributed by atoms with Gasteiger partial charge in [0.2, 0.25) is 5.91 Å². The summed E-state index contributed by atoms with van der Waals surface area (Å²) in [6, 6.07) is 0.177. The van der Waals surface area contributed by atoms with Crippen LogP contribution in [0.25, 0.3) is 0 Å². The van der Waals surface area contributed by atoms with Gasteiger partial charge in [-0.25, -0.2) is 4.79 Å². The Morgan fingerprint density at radius 1 is 1.50 bits per heavy atom. The van der Waals surface area contributed by atoms with E-state index in [1.807, 2.05) is 6.92 Å². The van der Waals surface area contributed by atoms with Gasteiger partial charge in [0.05, 0.1) is 0 Å². The van der Waals surface area contributed by atoms with Gasteiger partial charge in [-0.05, 0) is 25.7 Å². The molecule has 0 bridgehead atoms. The number of hydrogen-bond acceptors (Lipinski definition) is 3. The zero-order valence-corrected chi connectivity index (χ0v) is 8.16. The second kappa shape index (κ2) is 4.95. The second-order valence-corrected chi connectivity index (χ2v) is 3.58. The fourth-order valence-electron chi connectivity index (χ4n) is 1.24. The predicted octanol–water partition coefficient (Wildman–Crippen LogP) is 0.00230. The fraction of sp³-hybridized carbons (Fsp3) is 0.778. The van der Waals surface area contributed by atoms with Crippen LogP contribution in [0, 0.1) is 5.92 Å². The molecule has 1 atom stereocenters. The number of carboxylic acid groups (broad SMARTS) is 1. The van der Waals surface area contributed by atoms with Gasteiger partial charge in [-0.1, -0.05) is 0 Å². The minimum Gasteiger partial charge on any atom is -0.480 e. The van der Waals surface area contributed by atoms with Crippen molar-refractivity contribution < 1.29 is 19.4 Å². The van der Waals surface area contributed by atoms with Crippen LogP contribution in [0.3, 0.4) is 0 Å². The highest BCUT2D eigenvalue weighted by Crippen LogP contribution is 2.32. The Balaban J connectivity index is 2.05. The smallest absolute Gasteiger partial charge is 0.329 e. The Morgan fingerprint density at radius 2 is 2.14 bits per heavy atom. The summed E-state index contributed by atoms with van der Waals surface area (Å²) in [6.07, 6.45) is 2.33. The van der Waals surface area contributed by atoms with Crippen LogP contribution in [0.4, 0.5) is 0 Å². The molecule has 0 aliphatic heterocycles. The highest BCUT2D eigenvalue weighted by Gasteiger charge is 2.28. The molecule has 0 heterocycles. The molecule has 0 aromatic rings. The monoisotopic (exact) mass is 201 g/mol. The summed E-state index contributed by atoms with van der Waals surface area (Å²) in [7, 11) is 0. The lowest BCUT2D eigenvalue weighted by molar-refractivity contribution is -0.143. The molecule has 1 aliphatic rings. The van der Waals surface area contributed by atoms with Crippen molar-refractivity contribution >= 4 is 11.9 Å². The van der Waals surface area contributed by atoms with Crippen molar-refractivity contribution in [3.63, 3.8) is 0 Å². The van der Waals surface area contributed by atoms with E-state index in [0.29, 0.717) is 5.92 Å². The van der Waals surface area contributed by atoms with E-state index in [1.54, 1.807) is 0 Å². The van der Waals surface area contributed by atoms with E-state index in [4.69, 9.17) is 5.11 Å². The van der Waals surface area contributed by atoms with Gasteiger partial charge in [-0.15, -0.1) is 0 Å². The zero-order chi connectivity index (χ0) is 10.6. The first kappa shape index (κ1) is 11.0. The first-order valence-corrected chi connectivity index (χ1v) is 4.68. The zero-order valence-electron chi connectivity index (χ0n) is 8.16. The number of aliphatic carboxylic acids is 1. The number of carboxylic acids is 1. The van der Waals surface area contributed by atoms with Crippen molar-refractivity contribution in [3.8, 4) is 0 Å². The molecule has 0 aromatic carbocycles. The minimum absolute atomic E-state index is 0.177. The standard InChI is InChI=1S/C9H15NO4/c1-6(7-2-3-7)10-8(11)4-14-5-9(12)13/h6-7H,2-5H2,1H3,(H,10,11)(H,12,13). The summed E-state index contributed by atoms with van der Waals surface area (Å²) in [5.41, 5.74) is 0. The van der Waals surface area contributed by atoms with E-state index in [2.05, 4.69) is 10.1 Å². The van der Waals surface area contributed by atoms with Crippen LogP contribution >= 0.6 is 0 Å². The van der Waals surface area contributed by atoms with Crippen LogP contribution in [-0.4, -0.2) is 36.2 Å². The van der Waals surface area contributed by atoms with Crippen molar-refractivity contribution in [3.05, 3.63) is 0 Å². The van der Waals surface area contributed by atoms with E-state index in [0.717, 1.165) is 12.8 Å². The Morgan fingerprint density at radius 3 is 2.64 bits per heavy atom. The summed E-state index contributed by atoms with van der Waals surface area (Å²) in [6.45, 7) is 1.35. The number of carbonyl (C=O) groups is 2. The number of nitrogens with one attached hydrogen (secondary N) is 1.